The zero-order chi connectivity index (χ0) is 45.2. The van der Waals surface area contributed by atoms with Gasteiger partial charge in [-0.25, -0.2) is 0 Å². The molecule has 0 spiro atoms. The molecule has 0 unspecified atom stereocenters. The predicted molar refractivity (Wildman–Crippen MR) is 266 cm³/mol. The quantitative estimate of drug-likeness (QED) is 0.0344. The molecule has 6 heteroatoms. The third-order valence-corrected chi connectivity index (χ3v) is 12.8. The third kappa shape index (κ3) is 49.4. The first-order valence-corrected chi connectivity index (χ1v) is 27.9. The number of hydrogen-bond acceptors (Lipinski definition) is 6. The second kappa shape index (κ2) is 50.4. The summed E-state index contributed by atoms with van der Waals surface area (Å²) in [6.07, 6.45) is 53.7. The molecular formula is C56H108O6. The minimum absolute atomic E-state index is 0.0621. The number of carbonyl (C=O) groups excluding carboxylic acids is 3. The van der Waals surface area contributed by atoms with Gasteiger partial charge in [-0.15, -0.1) is 0 Å². The summed E-state index contributed by atoms with van der Waals surface area (Å²) < 4.78 is 16.9. The molecule has 0 aromatic rings. The van der Waals surface area contributed by atoms with Gasteiger partial charge in [0.15, 0.2) is 6.10 Å². The summed E-state index contributed by atoms with van der Waals surface area (Å²) in [4.78, 5) is 38.0. The lowest BCUT2D eigenvalue weighted by Crippen LogP contribution is -2.30. The van der Waals surface area contributed by atoms with Gasteiger partial charge < -0.3 is 14.2 Å². The van der Waals surface area contributed by atoms with Crippen molar-refractivity contribution in [3.8, 4) is 0 Å². The first kappa shape index (κ1) is 60.4. The zero-order valence-corrected chi connectivity index (χ0v) is 42.3. The monoisotopic (exact) mass is 877 g/mol. The van der Waals surface area contributed by atoms with Crippen LogP contribution in [0.5, 0.6) is 0 Å². The highest BCUT2D eigenvalue weighted by Crippen LogP contribution is 2.18. The standard InChI is InChI=1S/C56H108O6/c1-5-7-9-11-13-15-17-19-20-21-22-23-28-31-35-39-43-47-54(57)60-50-53(62-56(59)49-45-41-37-33-27-18-16-14-12-10-8-6-2)51-61-55(58)48-44-40-36-32-29-25-24-26-30-34-38-42-46-52(3)4/h52-53H,5-51H2,1-4H3/t53-/m0/s1. The van der Waals surface area contributed by atoms with E-state index in [4.69, 9.17) is 14.2 Å². The highest BCUT2D eigenvalue weighted by atomic mass is 16.6. The van der Waals surface area contributed by atoms with Gasteiger partial charge in [0, 0.05) is 19.3 Å². The van der Waals surface area contributed by atoms with Crippen LogP contribution in [-0.2, 0) is 28.6 Å². The maximum absolute atomic E-state index is 12.8. The van der Waals surface area contributed by atoms with Crippen molar-refractivity contribution in [3.05, 3.63) is 0 Å². The molecule has 368 valence electrons. The third-order valence-electron chi connectivity index (χ3n) is 12.8. The van der Waals surface area contributed by atoms with Crippen molar-refractivity contribution < 1.29 is 28.6 Å². The Bertz CT molecular complexity index is 933. The molecule has 0 radical (unpaired) electrons. The first-order valence-electron chi connectivity index (χ1n) is 27.9. The van der Waals surface area contributed by atoms with Crippen molar-refractivity contribution in [2.75, 3.05) is 13.2 Å². The second-order valence-electron chi connectivity index (χ2n) is 19.7. The van der Waals surface area contributed by atoms with Crippen LogP contribution >= 0.6 is 0 Å². The van der Waals surface area contributed by atoms with E-state index < -0.39 is 6.10 Å². The molecule has 0 saturated carbocycles. The van der Waals surface area contributed by atoms with Crippen LogP contribution in [0.2, 0.25) is 0 Å². The molecule has 0 aliphatic rings. The van der Waals surface area contributed by atoms with Crippen molar-refractivity contribution >= 4 is 17.9 Å². The number of hydrogen-bond donors (Lipinski definition) is 0. The lowest BCUT2D eigenvalue weighted by atomic mass is 10.0. The van der Waals surface area contributed by atoms with E-state index in [2.05, 4.69) is 27.7 Å². The van der Waals surface area contributed by atoms with Crippen LogP contribution in [0, 0.1) is 5.92 Å². The van der Waals surface area contributed by atoms with Gasteiger partial charge in [0.25, 0.3) is 0 Å². The Morgan fingerprint density at radius 1 is 0.306 bits per heavy atom. The summed E-state index contributed by atoms with van der Waals surface area (Å²) in [7, 11) is 0. The minimum atomic E-state index is -0.761. The minimum Gasteiger partial charge on any atom is -0.462 e. The molecule has 0 amide bonds. The van der Waals surface area contributed by atoms with E-state index in [0.29, 0.717) is 19.3 Å². The van der Waals surface area contributed by atoms with Gasteiger partial charge >= 0.3 is 17.9 Å². The molecule has 0 fully saturated rings. The summed E-state index contributed by atoms with van der Waals surface area (Å²) in [6, 6.07) is 0. The molecular weight excluding hydrogens is 769 g/mol. The van der Waals surface area contributed by atoms with E-state index >= 15 is 0 Å². The Kier molecular flexibility index (Phi) is 49.1. The average molecular weight is 877 g/mol. The number of esters is 3. The van der Waals surface area contributed by atoms with Crippen LogP contribution in [0.25, 0.3) is 0 Å². The second-order valence-corrected chi connectivity index (χ2v) is 19.7. The number of rotatable bonds is 51. The number of ether oxygens (including phenoxy) is 3. The van der Waals surface area contributed by atoms with Gasteiger partial charge in [0.1, 0.15) is 13.2 Å². The van der Waals surface area contributed by atoms with Crippen LogP contribution in [0.4, 0.5) is 0 Å². The van der Waals surface area contributed by atoms with Gasteiger partial charge in [-0.2, -0.15) is 0 Å². The van der Waals surface area contributed by atoms with Crippen LogP contribution in [-0.4, -0.2) is 37.2 Å². The molecule has 0 aromatic carbocycles. The molecule has 0 N–H and O–H groups in total. The molecule has 0 heterocycles. The Morgan fingerprint density at radius 2 is 0.532 bits per heavy atom. The van der Waals surface area contributed by atoms with E-state index in [-0.39, 0.29) is 31.1 Å². The van der Waals surface area contributed by atoms with Gasteiger partial charge in [-0.3, -0.25) is 14.4 Å². The normalized spacial score (nSPS) is 12.0. The first-order chi connectivity index (χ1) is 30.4. The smallest absolute Gasteiger partial charge is 0.306 e. The summed E-state index contributed by atoms with van der Waals surface area (Å²) in [5.41, 5.74) is 0. The van der Waals surface area contributed by atoms with Crippen molar-refractivity contribution in [2.24, 2.45) is 5.92 Å². The maximum Gasteiger partial charge on any atom is 0.306 e. The summed E-state index contributed by atoms with van der Waals surface area (Å²) >= 11 is 0. The number of unbranched alkanes of at least 4 members (excludes halogenated alkanes) is 38. The molecule has 62 heavy (non-hydrogen) atoms. The lowest BCUT2D eigenvalue weighted by molar-refractivity contribution is -0.167. The van der Waals surface area contributed by atoms with Crippen LogP contribution in [0.3, 0.4) is 0 Å². The van der Waals surface area contributed by atoms with Gasteiger partial charge in [0.2, 0.25) is 0 Å². The topological polar surface area (TPSA) is 78.9 Å². The lowest BCUT2D eigenvalue weighted by Gasteiger charge is -2.18. The van der Waals surface area contributed by atoms with Crippen LogP contribution < -0.4 is 0 Å². The molecule has 1 atom stereocenters. The summed E-state index contributed by atoms with van der Waals surface area (Å²) in [5.74, 6) is -0.00483. The van der Waals surface area contributed by atoms with E-state index in [1.165, 1.54) is 212 Å². The highest BCUT2D eigenvalue weighted by molar-refractivity contribution is 5.71. The molecule has 0 aliphatic heterocycles. The summed E-state index contributed by atoms with van der Waals surface area (Å²) in [6.45, 7) is 9.05. The molecule has 0 rings (SSSR count). The Morgan fingerprint density at radius 3 is 0.790 bits per heavy atom. The number of carbonyl (C=O) groups is 3. The average Bonchev–Trinajstić information content (AvgIpc) is 3.26. The molecule has 6 nitrogen and oxygen atoms in total. The highest BCUT2D eigenvalue weighted by Gasteiger charge is 2.19. The van der Waals surface area contributed by atoms with Crippen LogP contribution in [0.15, 0.2) is 0 Å². The van der Waals surface area contributed by atoms with E-state index in [0.717, 1.165) is 63.7 Å². The van der Waals surface area contributed by atoms with Crippen molar-refractivity contribution in [3.63, 3.8) is 0 Å². The fraction of sp³-hybridized carbons (Fsp3) is 0.946. The van der Waals surface area contributed by atoms with Crippen molar-refractivity contribution in [2.45, 2.75) is 323 Å². The van der Waals surface area contributed by atoms with E-state index in [1.54, 1.807) is 0 Å². The maximum atomic E-state index is 12.8. The Balaban J connectivity index is 4.27. The molecule has 0 aliphatic carbocycles. The van der Waals surface area contributed by atoms with Gasteiger partial charge in [-0.1, -0.05) is 278 Å². The van der Waals surface area contributed by atoms with Crippen molar-refractivity contribution in [1.82, 2.24) is 0 Å². The molecule has 0 aromatic heterocycles. The molecule has 0 saturated heterocycles. The van der Waals surface area contributed by atoms with Gasteiger partial charge in [0.05, 0.1) is 0 Å². The fourth-order valence-electron chi connectivity index (χ4n) is 8.57. The largest absolute Gasteiger partial charge is 0.462 e. The van der Waals surface area contributed by atoms with Crippen molar-refractivity contribution in [1.29, 1.82) is 0 Å². The Hall–Kier alpha value is -1.59. The summed E-state index contributed by atoms with van der Waals surface area (Å²) in [5, 5.41) is 0. The fourth-order valence-corrected chi connectivity index (χ4v) is 8.57. The van der Waals surface area contributed by atoms with Gasteiger partial charge in [-0.05, 0) is 25.2 Å². The molecule has 0 bridgehead atoms. The van der Waals surface area contributed by atoms with E-state index in [1.807, 2.05) is 0 Å². The van der Waals surface area contributed by atoms with E-state index in [9.17, 15) is 14.4 Å². The predicted octanol–water partition coefficient (Wildman–Crippen LogP) is 18.2. The SMILES string of the molecule is CCCCCCCCCCCCCCCCCCCC(=O)OC[C@@H](COC(=O)CCCCCCCCCCCCCCC(C)C)OC(=O)CCCCCCCCCCCCCC. The zero-order valence-electron chi connectivity index (χ0n) is 42.3. The Labute approximate surface area is 387 Å². The van der Waals surface area contributed by atoms with Crippen LogP contribution in [0.1, 0.15) is 317 Å².